The van der Waals surface area contributed by atoms with E-state index in [9.17, 15) is 4.21 Å². The van der Waals surface area contributed by atoms with Crippen molar-refractivity contribution in [1.82, 2.24) is 5.32 Å². The summed E-state index contributed by atoms with van der Waals surface area (Å²) in [4.78, 5) is 0.977. The zero-order valence-corrected chi connectivity index (χ0v) is 13.9. The van der Waals surface area contributed by atoms with E-state index in [1.54, 1.807) is 0 Å². The van der Waals surface area contributed by atoms with Gasteiger partial charge in [-0.25, -0.2) is 0 Å². The summed E-state index contributed by atoms with van der Waals surface area (Å²) in [5.74, 6) is 1.23. The monoisotopic (exact) mass is 293 g/mol. The third kappa shape index (κ3) is 3.50. The normalized spacial score (nSPS) is 32.0. The van der Waals surface area contributed by atoms with Gasteiger partial charge in [-0.3, -0.25) is 4.21 Å². The molecule has 2 rings (SSSR count). The van der Waals surface area contributed by atoms with Gasteiger partial charge < -0.3 is 5.32 Å². The largest absolute Gasteiger partial charge is 0.313 e. The van der Waals surface area contributed by atoms with Crippen LogP contribution >= 0.6 is 0 Å². The number of benzene rings is 1. The first-order valence-corrected chi connectivity index (χ1v) is 8.94. The van der Waals surface area contributed by atoms with E-state index in [0.29, 0.717) is 12.0 Å². The van der Waals surface area contributed by atoms with Crippen molar-refractivity contribution in [2.24, 2.45) is 11.8 Å². The molecule has 112 valence electrons. The van der Waals surface area contributed by atoms with Crippen LogP contribution in [0.25, 0.3) is 0 Å². The molecule has 2 nitrogen and oxygen atoms in total. The van der Waals surface area contributed by atoms with E-state index < -0.39 is 10.8 Å². The molecule has 1 saturated carbocycles. The highest BCUT2D eigenvalue weighted by Gasteiger charge is 2.37. The van der Waals surface area contributed by atoms with E-state index in [4.69, 9.17) is 0 Å². The topological polar surface area (TPSA) is 29.1 Å². The van der Waals surface area contributed by atoms with Crippen LogP contribution in [0, 0.1) is 18.8 Å². The number of aryl methyl sites for hydroxylation is 1. The Morgan fingerprint density at radius 1 is 1.20 bits per heavy atom. The van der Waals surface area contributed by atoms with Crippen LogP contribution in [0.15, 0.2) is 29.2 Å². The van der Waals surface area contributed by atoms with E-state index in [-0.39, 0.29) is 5.25 Å². The molecule has 0 bridgehead atoms. The lowest BCUT2D eigenvalue weighted by atomic mass is 9.80. The van der Waals surface area contributed by atoms with Gasteiger partial charge in [0.15, 0.2) is 0 Å². The maximum Gasteiger partial charge on any atom is 0.0579 e. The van der Waals surface area contributed by atoms with E-state index in [1.165, 1.54) is 12.0 Å². The fourth-order valence-electron chi connectivity index (χ4n) is 3.48. The molecule has 0 heterocycles. The summed E-state index contributed by atoms with van der Waals surface area (Å²) in [7, 11) is -0.917. The summed E-state index contributed by atoms with van der Waals surface area (Å²) in [5, 5.41) is 3.79. The molecule has 1 fully saturated rings. The molecule has 1 aromatic rings. The fraction of sp³-hybridized carbons (Fsp3) is 0.647. The molecule has 5 atom stereocenters. The smallest absolute Gasteiger partial charge is 0.0579 e. The predicted molar refractivity (Wildman–Crippen MR) is 86.4 cm³/mol. The Morgan fingerprint density at radius 2 is 1.85 bits per heavy atom. The van der Waals surface area contributed by atoms with Crippen molar-refractivity contribution in [3.05, 3.63) is 29.8 Å². The lowest BCUT2D eigenvalue weighted by molar-refractivity contribution is 0.248. The van der Waals surface area contributed by atoms with Crippen LogP contribution in [0.1, 0.15) is 39.2 Å². The number of rotatable bonds is 4. The molecular weight excluding hydrogens is 266 g/mol. The average Bonchev–Trinajstić information content (AvgIpc) is 2.38. The minimum atomic E-state index is -0.917. The van der Waals surface area contributed by atoms with Crippen LogP contribution in [0.3, 0.4) is 0 Å². The summed E-state index contributed by atoms with van der Waals surface area (Å²) in [6.07, 6.45) is 2.32. The van der Waals surface area contributed by atoms with Gasteiger partial charge in [0.25, 0.3) is 0 Å². The Hall–Kier alpha value is -0.670. The van der Waals surface area contributed by atoms with Crippen LogP contribution in [-0.2, 0) is 10.8 Å². The summed E-state index contributed by atoms with van der Waals surface area (Å²) in [5.41, 5.74) is 1.22. The lowest BCUT2D eigenvalue weighted by Gasteiger charge is -2.39. The highest BCUT2D eigenvalue weighted by Crippen LogP contribution is 2.34. The maximum atomic E-state index is 13.0. The van der Waals surface area contributed by atoms with Gasteiger partial charge in [0.05, 0.1) is 16.0 Å². The second kappa shape index (κ2) is 6.86. The van der Waals surface area contributed by atoms with Gasteiger partial charge in [-0.1, -0.05) is 38.5 Å². The van der Waals surface area contributed by atoms with Crippen LogP contribution in [0.2, 0.25) is 0 Å². The van der Waals surface area contributed by atoms with Crippen molar-refractivity contribution < 1.29 is 4.21 Å². The van der Waals surface area contributed by atoms with E-state index in [1.807, 2.05) is 12.1 Å². The van der Waals surface area contributed by atoms with Gasteiger partial charge in [0.2, 0.25) is 0 Å². The molecule has 5 unspecified atom stereocenters. The van der Waals surface area contributed by atoms with Crippen molar-refractivity contribution in [2.45, 2.75) is 56.7 Å². The Labute approximate surface area is 125 Å². The van der Waals surface area contributed by atoms with Crippen LogP contribution in [0.4, 0.5) is 0 Å². The van der Waals surface area contributed by atoms with Crippen molar-refractivity contribution >= 4 is 10.8 Å². The summed E-state index contributed by atoms with van der Waals surface area (Å²) in [6, 6.07) is 8.55. The van der Waals surface area contributed by atoms with Gasteiger partial charge >= 0.3 is 0 Å². The molecular formula is C17H27NOS. The zero-order chi connectivity index (χ0) is 14.7. The van der Waals surface area contributed by atoms with Crippen molar-refractivity contribution in [3.8, 4) is 0 Å². The molecule has 1 N–H and O–H groups in total. The minimum absolute atomic E-state index is 0.230. The molecule has 20 heavy (non-hydrogen) atoms. The zero-order valence-electron chi connectivity index (χ0n) is 13.1. The van der Waals surface area contributed by atoms with Gasteiger partial charge in [0.1, 0.15) is 0 Å². The molecule has 3 heteroatoms. The van der Waals surface area contributed by atoms with E-state index in [0.717, 1.165) is 23.8 Å². The Bertz CT molecular complexity index is 457. The van der Waals surface area contributed by atoms with E-state index in [2.05, 4.69) is 45.1 Å². The van der Waals surface area contributed by atoms with Crippen LogP contribution in [-0.4, -0.2) is 22.0 Å². The molecule has 0 amide bonds. The van der Waals surface area contributed by atoms with Gasteiger partial charge in [-0.05, 0) is 50.3 Å². The third-order valence-corrected chi connectivity index (χ3v) is 6.38. The number of hydrogen-bond donors (Lipinski definition) is 1. The molecule has 1 aliphatic rings. The molecule has 1 aliphatic carbocycles. The first kappa shape index (κ1) is 15.7. The fourth-order valence-corrected chi connectivity index (χ4v) is 5.24. The first-order valence-electron chi connectivity index (χ1n) is 7.73. The average molecular weight is 293 g/mol. The predicted octanol–water partition coefficient (Wildman–Crippen LogP) is 3.52. The van der Waals surface area contributed by atoms with Gasteiger partial charge in [0, 0.05) is 10.9 Å². The lowest BCUT2D eigenvalue weighted by Crippen LogP contribution is -2.50. The Morgan fingerprint density at radius 3 is 2.45 bits per heavy atom. The summed E-state index contributed by atoms with van der Waals surface area (Å²) in [6.45, 7) is 9.73. The molecule has 0 radical (unpaired) electrons. The summed E-state index contributed by atoms with van der Waals surface area (Å²) < 4.78 is 13.0. The second-order valence-electron chi connectivity index (χ2n) is 6.29. The van der Waals surface area contributed by atoms with E-state index >= 15 is 0 Å². The van der Waals surface area contributed by atoms with Gasteiger partial charge in [-0.15, -0.1) is 0 Å². The second-order valence-corrected chi connectivity index (χ2v) is 7.90. The Balaban J connectivity index is 2.22. The van der Waals surface area contributed by atoms with Gasteiger partial charge in [-0.2, -0.15) is 0 Å². The van der Waals surface area contributed by atoms with Crippen LogP contribution in [0.5, 0.6) is 0 Å². The quantitative estimate of drug-likeness (QED) is 0.920. The minimum Gasteiger partial charge on any atom is -0.313 e. The van der Waals surface area contributed by atoms with Crippen molar-refractivity contribution in [1.29, 1.82) is 0 Å². The number of hydrogen-bond acceptors (Lipinski definition) is 2. The highest BCUT2D eigenvalue weighted by molar-refractivity contribution is 7.85. The maximum absolute atomic E-state index is 13.0. The third-order valence-electron chi connectivity index (χ3n) is 4.35. The first-order chi connectivity index (χ1) is 9.52. The molecule has 0 spiro atoms. The summed E-state index contributed by atoms with van der Waals surface area (Å²) >= 11 is 0. The highest BCUT2D eigenvalue weighted by atomic mass is 32.2. The SMILES string of the molecule is CCNC1CC(C)CC(C)C1S(=O)c1ccc(C)cc1. The van der Waals surface area contributed by atoms with Crippen molar-refractivity contribution in [2.75, 3.05) is 6.54 Å². The number of nitrogens with one attached hydrogen (secondary N) is 1. The molecule has 0 aliphatic heterocycles. The molecule has 0 saturated heterocycles. The standard InChI is InChI=1S/C17H27NOS/c1-5-18-16-11-13(3)10-14(4)17(16)20(19)15-8-6-12(2)7-9-15/h6-9,13-14,16-18H,5,10-11H2,1-4H3. The Kier molecular flexibility index (Phi) is 5.39. The molecule has 1 aromatic carbocycles. The molecule has 0 aromatic heterocycles. The van der Waals surface area contributed by atoms with Crippen molar-refractivity contribution in [3.63, 3.8) is 0 Å². The van der Waals surface area contributed by atoms with Crippen LogP contribution < -0.4 is 5.32 Å².